The highest BCUT2D eigenvalue weighted by Gasteiger charge is 2.50. The smallest absolute Gasteiger partial charge is 0.181 e. The van der Waals surface area contributed by atoms with E-state index in [0.717, 1.165) is 0 Å². The average Bonchev–Trinajstić information content (AvgIpc) is 2.67. The van der Waals surface area contributed by atoms with E-state index in [4.69, 9.17) is 9.47 Å². The summed E-state index contributed by atoms with van der Waals surface area (Å²) < 4.78 is 11.1. The molecule has 1 saturated heterocycles. The summed E-state index contributed by atoms with van der Waals surface area (Å²) in [5.74, 6) is -2.34. The Morgan fingerprint density at radius 2 is 1.71 bits per heavy atom. The molecule has 0 amide bonds. The Morgan fingerprint density at radius 1 is 1.00 bits per heavy atom. The number of rotatable bonds is 2. The second-order valence-corrected chi connectivity index (χ2v) is 7.02. The summed E-state index contributed by atoms with van der Waals surface area (Å²) in [4.78, 5) is 12.9. The van der Waals surface area contributed by atoms with Gasteiger partial charge in [-0.25, -0.2) is 0 Å². The zero-order chi connectivity index (χ0) is 20.2. The topological polar surface area (TPSA) is 157 Å². The molecule has 28 heavy (non-hydrogen) atoms. The molecule has 3 aliphatic rings. The molecule has 1 aliphatic carbocycles. The van der Waals surface area contributed by atoms with Crippen molar-refractivity contribution in [2.45, 2.75) is 36.6 Å². The number of Topliss-reactive ketones (excluding diaryl/α,β-unsaturated/α-hetero) is 1. The van der Waals surface area contributed by atoms with Gasteiger partial charge in [0.05, 0.1) is 17.7 Å². The number of carbonyl (C=O) groups is 1. The quantitative estimate of drug-likeness (QED) is 0.385. The SMILES string of the molecule is O=C1c2ccccc2O[C@H]2C=C(O)C([C@@H]3O[C@@H](CO)[C@@H](O)[C@@H](O)[C@H]3O)=C(O)[C@H]12. The van der Waals surface area contributed by atoms with Crippen LogP contribution in [-0.4, -0.2) is 79.7 Å². The average molecular weight is 392 g/mol. The molecule has 4 rings (SSSR count). The van der Waals surface area contributed by atoms with Crippen molar-refractivity contribution in [1.82, 2.24) is 0 Å². The second kappa shape index (κ2) is 6.87. The van der Waals surface area contributed by atoms with Gasteiger partial charge in [-0.15, -0.1) is 0 Å². The van der Waals surface area contributed by atoms with E-state index in [0.29, 0.717) is 5.75 Å². The number of hydrogen-bond donors (Lipinski definition) is 6. The summed E-state index contributed by atoms with van der Waals surface area (Å²) in [6.07, 6.45) is -7.45. The van der Waals surface area contributed by atoms with Gasteiger partial charge in [0.2, 0.25) is 0 Å². The van der Waals surface area contributed by atoms with Gasteiger partial charge < -0.3 is 40.1 Å². The van der Waals surface area contributed by atoms with Crippen molar-refractivity contribution in [1.29, 1.82) is 0 Å². The molecule has 7 atom stereocenters. The Balaban J connectivity index is 1.75. The van der Waals surface area contributed by atoms with Crippen LogP contribution in [0.3, 0.4) is 0 Å². The minimum Gasteiger partial charge on any atom is -0.511 e. The third-order valence-corrected chi connectivity index (χ3v) is 5.37. The number of benzene rings is 1. The van der Waals surface area contributed by atoms with Gasteiger partial charge in [-0.05, 0) is 18.2 Å². The van der Waals surface area contributed by atoms with Crippen LogP contribution in [0.4, 0.5) is 0 Å². The van der Waals surface area contributed by atoms with Crippen LogP contribution in [-0.2, 0) is 4.74 Å². The summed E-state index contributed by atoms with van der Waals surface area (Å²) in [5, 5.41) is 60.8. The molecule has 1 aromatic rings. The molecule has 9 nitrogen and oxygen atoms in total. The number of ketones is 1. The summed E-state index contributed by atoms with van der Waals surface area (Å²) >= 11 is 0. The van der Waals surface area contributed by atoms with Gasteiger partial charge in [0, 0.05) is 0 Å². The van der Waals surface area contributed by atoms with Crippen LogP contribution in [0.5, 0.6) is 5.75 Å². The standard InChI is InChI=1S/C19H20O9/c20-6-11-15(23)17(25)18(26)19(28-11)12-8(21)5-10-13(16(12)24)14(22)7-3-1-2-4-9(7)27-10/h1-5,10-11,13,15,17-21,23-26H,6H2/t10-,11-,13-,15+,17+,18+,19-/m0/s1. The number of ether oxygens (including phenoxy) is 2. The minimum absolute atomic E-state index is 0.262. The first-order valence-corrected chi connectivity index (χ1v) is 8.79. The third kappa shape index (κ3) is 2.71. The van der Waals surface area contributed by atoms with Crippen LogP contribution in [0.15, 0.2) is 47.4 Å². The van der Waals surface area contributed by atoms with Crippen molar-refractivity contribution in [2.24, 2.45) is 5.92 Å². The monoisotopic (exact) mass is 392 g/mol. The van der Waals surface area contributed by atoms with Gasteiger partial charge in [0.1, 0.15) is 59.8 Å². The molecule has 0 aromatic heterocycles. The Kier molecular flexibility index (Phi) is 4.64. The second-order valence-electron chi connectivity index (χ2n) is 7.02. The molecular weight excluding hydrogens is 372 g/mol. The van der Waals surface area contributed by atoms with E-state index in [1.54, 1.807) is 24.3 Å². The molecule has 9 heteroatoms. The zero-order valence-electron chi connectivity index (χ0n) is 14.5. The number of hydrogen-bond acceptors (Lipinski definition) is 9. The van der Waals surface area contributed by atoms with Gasteiger partial charge in [-0.2, -0.15) is 0 Å². The van der Waals surface area contributed by atoms with Crippen LogP contribution in [0.25, 0.3) is 0 Å². The molecule has 6 N–H and O–H groups in total. The molecule has 2 aliphatic heterocycles. The molecule has 0 unspecified atom stereocenters. The molecular formula is C19H20O9. The van der Waals surface area contributed by atoms with Crippen molar-refractivity contribution < 1.29 is 44.9 Å². The first-order valence-electron chi connectivity index (χ1n) is 8.79. The minimum atomic E-state index is -1.71. The lowest BCUT2D eigenvalue weighted by molar-refractivity contribution is -0.220. The van der Waals surface area contributed by atoms with Crippen LogP contribution < -0.4 is 4.74 Å². The van der Waals surface area contributed by atoms with Gasteiger partial charge in [0.25, 0.3) is 0 Å². The number of aliphatic hydroxyl groups is 6. The lowest BCUT2D eigenvalue weighted by Gasteiger charge is -2.42. The number of para-hydroxylation sites is 1. The lowest BCUT2D eigenvalue weighted by atomic mass is 9.79. The first-order chi connectivity index (χ1) is 13.3. The van der Waals surface area contributed by atoms with Crippen molar-refractivity contribution in [3.63, 3.8) is 0 Å². The van der Waals surface area contributed by atoms with Crippen molar-refractivity contribution in [3.8, 4) is 5.75 Å². The normalized spacial score (nSPS) is 37.6. The molecule has 0 bridgehead atoms. The largest absolute Gasteiger partial charge is 0.511 e. The molecule has 150 valence electrons. The summed E-state index contributed by atoms with van der Waals surface area (Å²) in [7, 11) is 0. The highest BCUT2D eigenvalue weighted by Crippen LogP contribution is 2.41. The highest BCUT2D eigenvalue weighted by molar-refractivity contribution is 6.03. The van der Waals surface area contributed by atoms with E-state index in [2.05, 4.69) is 0 Å². The zero-order valence-corrected chi connectivity index (χ0v) is 14.5. The van der Waals surface area contributed by atoms with Gasteiger partial charge in [-0.3, -0.25) is 4.79 Å². The predicted octanol–water partition coefficient (Wildman–Crippen LogP) is -0.644. The van der Waals surface area contributed by atoms with Gasteiger partial charge in [-0.1, -0.05) is 12.1 Å². The fourth-order valence-electron chi connectivity index (χ4n) is 3.89. The maximum absolute atomic E-state index is 12.9. The molecule has 0 saturated carbocycles. The van der Waals surface area contributed by atoms with E-state index in [-0.39, 0.29) is 11.1 Å². The van der Waals surface area contributed by atoms with Crippen molar-refractivity contribution in [3.05, 3.63) is 53.0 Å². The van der Waals surface area contributed by atoms with E-state index < -0.39 is 66.5 Å². The predicted molar refractivity (Wildman–Crippen MR) is 92.8 cm³/mol. The highest BCUT2D eigenvalue weighted by atomic mass is 16.5. The maximum Gasteiger partial charge on any atom is 0.181 e. The Bertz CT molecular complexity index is 859. The van der Waals surface area contributed by atoms with Crippen molar-refractivity contribution >= 4 is 5.78 Å². The van der Waals surface area contributed by atoms with E-state index in [1.165, 1.54) is 6.08 Å². The number of fused-ring (bicyclic) bond motifs is 2. The van der Waals surface area contributed by atoms with E-state index in [9.17, 15) is 35.4 Å². The fraction of sp³-hybridized carbons (Fsp3) is 0.421. The Hall–Kier alpha value is -2.43. The number of carbonyl (C=O) groups excluding carboxylic acids is 1. The molecule has 2 heterocycles. The van der Waals surface area contributed by atoms with Crippen LogP contribution in [0.2, 0.25) is 0 Å². The molecule has 1 aromatic carbocycles. The van der Waals surface area contributed by atoms with Gasteiger partial charge >= 0.3 is 0 Å². The summed E-state index contributed by atoms with van der Waals surface area (Å²) in [6.45, 7) is -0.665. The summed E-state index contributed by atoms with van der Waals surface area (Å²) in [6, 6.07) is 6.48. The fourth-order valence-corrected chi connectivity index (χ4v) is 3.89. The van der Waals surface area contributed by atoms with Crippen LogP contribution >= 0.6 is 0 Å². The van der Waals surface area contributed by atoms with Crippen molar-refractivity contribution in [2.75, 3.05) is 6.61 Å². The van der Waals surface area contributed by atoms with E-state index >= 15 is 0 Å². The lowest BCUT2D eigenvalue weighted by Crippen LogP contribution is -2.59. The molecule has 1 fully saturated rings. The van der Waals surface area contributed by atoms with Crippen LogP contribution in [0.1, 0.15) is 10.4 Å². The van der Waals surface area contributed by atoms with Gasteiger partial charge in [0.15, 0.2) is 5.78 Å². The third-order valence-electron chi connectivity index (χ3n) is 5.37. The molecule has 0 spiro atoms. The van der Waals surface area contributed by atoms with Crippen LogP contribution in [0, 0.1) is 5.92 Å². The Morgan fingerprint density at radius 3 is 2.43 bits per heavy atom. The first kappa shape index (κ1) is 18.9. The molecule has 0 radical (unpaired) electrons. The van der Waals surface area contributed by atoms with E-state index in [1.807, 2.05) is 0 Å². The Labute approximate surface area is 159 Å². The summed E-state index contributed by atoms with van der Waals surface area (Å²) in [5.41, 5.74) is -0.0345. The number of aliphatic hydroxyl groups excluding tert-OH is 6. The maximum atomic E-state index is 12.9.